The highest BCUT2D eigenvalue weighted by Gasteiger charge is 2.45. The van der Waals surface area contributed by atoms with Crippen molar-refractivity contribution in [3.63, 3.8) is 0 Å². The van der Waals surface area contributed by atoms with Crippen molar-refractivity contribution in [2.24, 2.45) is 7.05 Å². The molecule has 0 unspecified atom stereocenters. The molecule has 2 atom stereocenters. The van der Waals surface area contributed by atoms with Gasteiger partial charge in [-0.05, 0) is 68.0 Å². The number of aliphatic carboxylic acids is 1. The van der Waals surface area contributed by atoms with Crippen LogP contribution in [-0.2, 0) is 29.4 Å². The summed E-state index contributed by atoms with van der Waals surface area (Å²) in [6, 6.07) is 4.17. The van der Waals surface area contributed by atoms with Crippen molar-refractivity contribution >= 4 is 23.3 Å². The number of nitrogens with one attached hydrogen (secondary N) is 1. The van der Waals surface area contributed by atoms with E-state index < -0.39 is 48.1 Å². The molecule has 1 aromatic heterocycles. The average molecular weight is 687 g/mol. The molecule has 49 heavy (non-hydrogen) atoms. The van der Waals surface area contributed by atoms with Gasteiger partial charge in [-0.1, -0.05) is 12.1 Å². The Balaban J connectivity index is 1.29. The molecule has 3 aliphatic rings. The molecular formula is C35H38F4N4O6. The third-order valence-corrected chi connectivity index (χ3v) is 9.66. The number of hydrogen-bond donors (Lipinski definition) is 2. The second-order valence-corrected chi connectivity index (χ2v) is 12.8. The Labute approximate surface area is 280 Å². The molecule has 0 saturated carbocycles. The third kappa shape index (κ3) is 6.57. The number of ether oxygens (including phenoxy) is 2. The Morgan fingerprint density at radius 1 is 1.08 bits per heavy atom. The van der Waals surface area contributed by atoms with Crippen LogP contribution in [0.2, 0.25) is 0 Å². The maximum Gasteiger partial charge on any atom is 0.411 e. The number of morpholine rings is 1. The largest absolute Gasteiger partial charge is 0.493 e. The predicted molar refractivity (Wildman–Crippen MR) is 174 cm³/mol. The fourth-order valence-electron chi connectivity index (χ4n) is 6.80. The molecule has 3 aromatic rings. The summed E-state index contributed by atoms with van der Waals surface area (Å²) in [6.07, 6.45) is -2.54. The maximum atomic E-state index is 15.5. The van der Waals surface area contributed by atoms with Gasteiger partial charge in [-0.3, -0.25) is 9.59 Å². The standard InChI is InChI=1S/C35H38F4N4O6/c1-19-14-22(43-11-13-48-18-28(43)35(37,38)39)17-25(36)29(19)32(44)40-26(34(46)47)16-21-7-8-24(31-23(21)6-4-12-49-31)30-27(42-9-5-10-42)15-20(2)41(3)33(30)45/h7-8,14-15,17,26,28H,4-6,9-13,16,18H2,1-3H3,(H,40,44)(H,46,47)/t26-,28+/m0/s1. The monoisotopic (exact) mass is 686 g/mol. The smallest absolute Gasteiger partial charge is 0.411 e. The van der Waals surface area contributed by atoms with Crippen LogP contribution in [0.25, 0.3) is 11.1 Å². The van der Waals surface area contributed by atoms with Crippen molar-refractivity contribution in [1.82, 2.24) is 9.88 Å². The van der Waals surface area contributed by atoms with Crippen LogP contribution in [0, 0.1) is 19.7 Å². The van der Waals surface area contributed by atoms with Crippen LogP contribution in [-0.4, -0.2) is 79.3 Å². The second kappa shape index (κ2) is 13.4. The van der Waals surface area contributed by atoms with E-state index in [1.165, 1.54) is 13.0 Å². The lowest BCUT2D eigenvalue weighted by atomic mass is 9.89. The van der Waals surface area contributed by atoms with Crippen molar-refractivity contribution < 1.29 is 41.7 Å². The molecule has 0 spiro atoms. The summed E-state index contributed by atoms with van der Waals surface area (Å²) in [4.78, 5) is 42.6. The molecule has 2 aromatic carbocycles. The van der Waals surface area contributed by atoms with Crippen molar-refractivity contribution in [1.29, 1.82) is 0 Å². The van der Waals surface area contributed by atoms with Crippen LogP contribution < -0.4 is 25.4 Å². The molecule has 0 aliphatic carbocycles. The molecule has 3 aliphatic heterocycles. The van der Waals surface area contributed by atoms with Gasteiger partial charge in [-0.25, -0.2) is 9.18 Å². The molecule has 4 heterocycles. The van der Waals surface area contributed by atoms with Gasteiger partial charge >= 0.3 is 12.1 Å². The minimum atomic E-state index is -4.62. The van der Waals surface area contributed by atoms with E-state index in [-0.39, 0.29) is 36.4 Å². The minimum absolute atomic E-state index is 0.0206. The lowest BCUT2D eigenvalue weighted by molar-refractivity contribution is -0.167. The number of carbonyl (C=O) groups is 2. The number of aryl methyl sites for hydroxylation is 2. The Morgan fingerprint density at radius 3 is 2.49 bits per heavy atom. The van der Waals surface area contributed by atoms with Gasteiger partial charge in [0.1, 0.15) is 23.7 Å². The number of amides is 1. The zero-order chi connectivity index (χ0) is 35.2. The number of anilines is 2. The molecule has 2 fully saturated rings. The van der Waals surface area contributed by atoms with Gasteiger partial charge < -0.3 is 34.3 Å². The Bertz CT molecular complexity index is 1830. The molecule has 2 N–H and O–H groups in total. The molecule has 0 bridgehead atoms. The van der Waals surface area contributed by atoms with Gasteiger partial charge in [0.15, 0.2) is 0 Å². The number of benzene rings is 2. The Morgan fingerprint density at radius 2 is 1.84 bits per heavy atom. The van der Waals surface area contributed by atoms with Gasteiger partial charge in [0.2, 0.25) is 0 Å². The summed E-state index contributed by atoms with van der Waals surface area (Å²) >= 11 is 0. The summed E-state index contributed by atoms with van der Waals surface area (Å²) < 4.78 is 69.1. The van der Waals surface area contributed by atoms with E-state index in [1.54, 1.807) is 23.7 Å². The number of rotatable bonds is 8. The van der Waals surface area contributed by atoms with Crippen LogP contribution in [0.15, 0.2) is 35.1 Å². The fraction of sp³-hybridized carbons (Fsp3) is 0.457. The van der Waals surface area contributed by atoms with Crippen LogP contribution in [0.1, 0.15) is 45.6 Å². The van der Waals surface area contributed by atoms with Crippen LogP contribution in [0.3, 0.4) is 0 Å². The highest BCUT2D eigenvalue weighted by atomic mass is 19.4. The van der Waals surface area contributed by atoms with E-state index in [0.29, 0.717) is 41.9 Å². The van der Waals surface area contributed by atoms with Gasteiger partial charge in [0, 0.05) is 50.0 Å². The van der Waals surface area contributed by atoms with Crippen molar-refractivity contribution in [2.45, 2.75) is 57.8 Å². The number of carbonyl (C=O) groups excluding carboxylic acids is 1. The maximum absolute atomic E-state index is 15.5. The van der Waals surface area contributed by atoms with E-state index in [9.17, 15) is 32.7 Å². The first-order valence-corrected chi connectivity index (χ1v) is 16.2. The summed E-state index contributed by atoms with van der Waals surface area (Å²) in [7, 11) is 1.71. The SMILES string of the molecule is Cc1cc(N2CCOC[C@@H]2C(F)(F)F)cc(F)c1C(=O)N[C@@H](Cc1ccc(-c2c(N3CCC3)cc(C)n(C)c2=O)c2c1CCCO2)C(=O)O. The minimum Gasteiger partial charge on any atom is -0.493 e. The molecule has 6 rings (SSSR count). The van der Waals surface area contributed by atoms with Gasteiger partial charge in [0.25, 0.3) is 11.5 Å². The molecule has 10 nitrogen and oxygen atoms in total. The summed E-state index contributed by atoms with van der Waals surface area (Å²) in [5, 5.41) is 12.6. The molecule has 14 heteroatoms. The first kappa shape index (κ1) is 34.3. The van der Waals surface area contributed by atoms with E-state index in [2.05, 4.69) is 10.2 Å². The van der Waals surface area contributed by atoms with Crippen molar-refractivity contribution in [3.8, 4) is 16.9 Å². The van der Waals surface area contributed by atoms with E-state index >= 15 is 4.39 Å². The van der Waals surface area contributed by atoms with Gasteiger partial charge in [-0.2, -0.15) is 13.2 Å². The first-order valence-electron chi connectivity index (χ1n) is 16.2. The number of alkyl halides is 3. The third-order valence-electron chi connectivity index (χ3n) is 9.66. The summed E-state index contributed by atoms with van der Waals surface area (Å²) in [5.41, 5.74) is 3.45. The highest BCUT2D eigenvalue weighted by Crippen LogP contribution is 2.42. The summed E-state index contributed by atoms with van der Waals surface area (Å²) in [5.74, 6) is -2.93. The predicted octanol–water partition coefficient (Wildman–Crippen LogP) is 4.54. The highest BCUT2D eigenvalue weighted by molar-refractivity contribution is 5.98. The van der Waals surface area contributed by atoms with Crippen molar-refractivity contribution in [3.05, 3.63) is 74.5 Å². The number of hydrogen-bond acceptors (Lipinski definition) is 7. The lowest BCUT2D eigenvalue weighted by Gasteiger charge is -2.38. The van der Waals surface area contributed by atoms with E-state index in [1.807, 2.05) is 13.0 Å². The quantitative estimate of drug-likeness (QED) is 0.333. The van der Waals surface area contributed by atoms with Crippen molar-refractivity contribution in [2.75, 3.05) is 49.3 Å². The first-order chi connectivity index (χ1) is 23.3. The number of carboxylic acids is 1. The van der Waals surface area contributed by atoms with Gasteiger partial charge in [0.05, 0.1) is 36.6 Å². The van der Waals surface area contributed by atoms with E-state index in [0.717, 1.165) is 47.4 Å². The van der Waals surface area contributed by atoms with Crippen LogP contribution in [0.4, 0.5) is 28.9 Å². The normalized spacial score (nSPS) is 18.3. The molecule has 2 saturated heterocycles. The number of halogens is 4. The fourth-order valence-corrected chi connectivity index (χ4v) is 6.80. The molecule has 262 valence electrons. The lowest BCUT2D eigenvalue weighted by Crippen LogP contribution is -2.53. The Hall–Kier alpha value is -4.59. The van der Waals surface area contributed by atoms with Crippen LogP contribution >= 0.6 is 0 Å². The number of aromatic nitrogens is 1. The number of pyridine rings is 1. The average Bonchev–Trinajstić information content (AvgIpc) is 3.02. The number of fused-ring (bicyclic) bond motifs is 1. The Kier molecular flexibility index (Phi) is 9.36. The molecule has 1 amide bonds. The number of carboxylic acid groups (broad SMARTS) is 1. The zero-order valence-corrected chi connectivity index (χ0v) is 27.5. The van der Waals surface area contributed by atoms with Gasteiger partial charge in [-0.15, -0.1) is 0 Å². The van der Waals surface area contributed by atoms with E-state index in [4.69, 9.17) is 9.47 Å². The number of nitrogens with zero attached hydrogens (tertiary/aromatic N) is 3. The topological polar surface area (TPSA) is 113 Å². The second-order valence-electron chi connectivity index (χ2n) is 12.8. The summed E-state index contributed by atoms with van der Waals surface area (Å²) in [6.45, 7) is 4.61. The zero-order valence-electron chi connectivity index (χ0n) is 27.5. The molecular weight excluding hydrogens is 648 g/mol. The molecule has 0 radical (unpaired) electrons. The van der Waals surface area contributed by atoms with Crippen LogP contribution in [0.5, 0.6) is 5.75 Å².